The van der Waals surface area contributed by atoms with Gasteiger partial charge in [-0.25, -0.2) is 8.78 Å². The standard InChI is InChI=1S/C14H9ClF2N2O/c15-7-1-4-12-9(5-7)13(14(20)19-12)18-8-2-3-10(16)11(17)6-8/h1-6,13,18H,(H,19,20). The molecule has 3 rings (SSSR count). The maximum Gasteiger partial charge on any atom is 0.251 e. The first-order valence-electron chi connectivity index (χ1n) is 5.86. The zero-order valence-corrected chi connectivity index (χ0v) is 10.8. The van der Waals surface area contributed by atoms with E-state index in [0.717, 1.165) is 12.1 Å². The smallest absolute Gasteiger partial charge is 0.251 e. The van der Waals surface area contributed by atoms with Crippen molar-refractivity contribution in [3.63, 3.8) is 0 Å². The molecular weight excluding hydrogens is 286 g/mol. The summed E-state index contributed by atoms with van der Waals surface area (Å²) in [6.45, 7) is 0. The van der Waals surface area contributed by atoms with E-state index >= 15 is 0 Å². The Hall–Kier alpha value is -2.14. The van der Waals surface area contributed by atoms with Crippen molar-refractivity contribution in [2.75, 3.05) is 10.6 Å². The molecule has 1 amide bonds. The van der Waals surface area contributed by atoms with E-state index in [-0.39, 0.29) is 5.91 Å². The molecule has 1 aliphatic rings. The molecule has 102 valence electrons. The number of halogens is 3. The highest BCUT2D eigenvalue weighted by atomic mass is 35.5. The Kier molecular flexibility index (Phi) is 3.06. The van der Waals surface area contributed by atoms with Crippen molar-refractivity contribution in [3.8, 4) is 0 Å². The lowest BCUT2D eigenvalue weighted by Gasteiger charge is -2.13. The van der Waals surface area contributed by atoms with Gasteiger partial charge < -0.3 is 10.6 Å². The van der Waals surface area contributed by atoms with E-state index in [1.165, 1.54) is 6.07 Å². The summed E-state index contributed by atoms with van der Waals surface area (Å²) in [4.78, 5) is 11.9. The van der Waals surface area contributed by atoms with Gasteiger partial charge in [0.2, 0.25) is 0 Å². The second kappa shape index (κ2) is 4.76. The quantitative estimate of drug-likeness (QED) is 0.886. The molecule has 6 heteroatoms. The lowest BCUT2D eigenvalue weighted by atomic mass is 10.1. The van der Waals surface area contributed by atoms with E-state index in [4.69, 9.17) is 11.6 Å². The highest BCUT2D eigenvalue weighted by Crippen LogP contribution is 2.35. The van der Waals surface area contributed by atoms with Crippen LogP contribution in [-0.2, 0) is 4.79 Å². The molecule has 1 heterocycles. The molecule has 1 atom stereocenters. The van der Waals surface area contributed by atoms with Gasteiger partial charge in [0.25, 0.3) is 5.91 Å². The highest BCUT2D eigenvalue weighted by Gasteiger charge is 2.30. The first-order valence-corrected chi connectivity index (χ1v) is 6.24. The first kappa shape index (κ1) is 12.9. The second-order valence-electron chi connectivity index (χ2n) is 4.43. The Bertz CT molecular complexity index is 706. The molecule has 0 spiro atoms. The summed E-state index contributed by atoms with van der Waals surface area (Å²) in [7, 11) is 0. The van der Waals surface area contributed by atoms with Crippen molar-refractivity contribution in [2.45, 2.75) is 6.04 Å². The molecule has 1 aliphatic heterocycles. The van der Waals surface area contributed by atoms with Crippen LogP contribution in [0.5, 0.6) is 0 Å². The van der Waals surface area contributed by atoms with Crippen molar-refractivity contribution in [1.82, 2.24) is 0 Å². The summed E-state index contributed by atoms with van der Waals surface area (Å²) < 4.78 is 26.1. The zero-order valence-electron chi connectivity index (χ0n) is 10.1. The Morgan fingerprint density at radius 2 is 1.90 bits per heavy atom. The average molecular weight is 295 g/mol. The minimum Gasteiger partial charge on any atom is -0.370 e. The minimum atomic E-state index is -0.972. The molecule has 2 N–H and O–H groups in total. The normalized spacial score (nSPS) is 16.8. The Morgan fingerprint density at radius 3 is 2.65 bits per heavy atom. The monoisotopic (exact) mass is 294 g/mol. The fourth-order valence-corrected chi connectivity index (χ4v) is 2.31. The van der Waals surface area contributed by atoms with Crippen LogP contribution >= 0.6 is 11.6 Å². The van der Waals surface area contributed by atoms with Crippen LogP contribution in [0.4, 0.5) is 20.2 Å². The van der Waals surface area contributed by atoms with Crippen molar-refractivity contribution in [2.24, 2.45) is 0 Å². The molecule has 0 saturated carbocycles. The van der Waals surface area contributed by atoms with E-state index in [0.29, 0.717) is 22.0 Å². The van der Waals surface area contributed by atoms with Gasteiger partial charge in [-0.1, -0.05) is 11.6 Å². The van der Waals surface area contributed by atoms with Crippen LogP contribution < -0.4 is 10.6 Å². The van der Waals surface area contributed by atoms with Crippen molar-refractivity contribution in [1.29, 1.82) is 0 Å². The molecule has 0 aliphatic carbocycles. The van der Waals surface area contributed by atoms with Gasteiger partial charge in [-0.05, 0) is 30.3 Å². The first-order chi connectivity index (χ1) is 9.54. The van der Waals surface area contributed by atoms with Crippen LogP contribution in [0.3, 0.4) is 0 Å². The number of carbonyl (C=O) groups excluding carboxylic acids is 1. The fraction of sp³-hybridized carbons (Fsp3) is 0.0714. The van der Waals surface area contributed by atoms with E-state index < -0.39 is 17.7 Å². The average Bonchev–Trinajstić information content (AvgIpc) is 2.70. The third kappa shape index (κ3) is 2.20. The van der Waals surface area contributed by atoms with Gasteiger partial charge in [-0.15, -0.1) is 0 Å². The number of hydrogen-bond donors (Lipinski definition) is 2. The number of rotatable bonds is 2. The summed E-state index contributed by atoms with van der Waals surface area (Å²) in [6, 6.07) is 7.71. The summed E-state index contributed by atoms with van der Waals surface area (Å²) in [6.07, 6.45) is 0. The Morgan fingerprint density at radius 1 is 1.10 bits per heavy atom. The Labute approximate surface area is 118 Å². The van der Waals surface area contributed by atoms with Gasteiger partial charge in [-0.2, -0.15) is 0 Å². The number of fused-ring (bicyclic) bond motifs is 1. The van der Waals surface area contributed by atoms with E-state index in [1.54, 1.807) is 18.2 Å². The second-order valence-corrected chi connectivity index (χ2v) is 4.86. The van der Waals surface area contributed by atoms with E-state index in [2.05, 4.69) is 10.6 Å². The predicted octanol–water partition coefficient (Wildman–Crippen LogP) is 3.72. The lowest BCUT2D eigenvalue weighted by molar-refractivity contribution is -0.116. The van der Waals surface area contributed by atoms with Gasteiger partial charge in [-0.3, -0.25) is 4.79 Å². The molecule has 1 unspecified atom stereocenters. The number of nitrogens with one attached hydrogen (secondary N) is 2. The SMILES string of the molecule is O=C1Nc2ccc(Cl)cc2C1Nc1ccc(F)c(F)c1. The van der Waals surface area contributed by atoms with Gasteiger partial charge in [0.15, 0.2) is 11.6 Å². The van der Waals surface area contributed by atoms with Crippen LogP contribution in [0.1, 0.15) is 11.6 Å². The maximum absolute atomic E-state index is 13.2. The van der Waals surface area contributed by atoms with Crippen LogP contribution in [0.2, 0.25) is 5.02 Å². The van der Waals surface area contributed by atoms with Crippen molar-refractivity contribution >= 4 is 28.9 Å². The van der Waals surface area contributed by atoms with Gasteiger partial charge in [0.05, 0.1) is 0 Å². The number of anilines is 2. The molecule has 3 nitrogen and oxygen atoms in total. The van der Waals surface area contributed by atoms with Crippen molar-refractivity contribution < 1.29 is 13.6 Å². The highest BCUT2D eigenvalue weighted by molar-refractivity contribution is 6.31. The van der Waals surface area contributed by atoms with E-state index in [1.807, 2.05) is 0 Å². The summed E-state index contributed by atoms with van der Waals surface area (Å²) in [5.41, 5.74) is 1.64. The molecule has 0 radical (unpaired) electrons. The molecule has 2 aromatic rings. The van der Waals surface area contributed by atoms with Crippen LogP contribution in [-0.4, -0.2) is 5.91 Å². The molecule has 0 fully saturated rings. The molecule has 0 saturated heterocycles. The van der Waals surface area contributed by atoms with Crippen LogP contribution in [0.15, 0.2) is 36.4 Å². The third-order valence-corrected chi connectivity index (χ3v) is 3.31. The third-order valence-electron chi connectivity index (χ3n) is 3.08. The van der Waals surface area contributed by atoms with E-state index in [9.17, 15) is 13.6 Å². The number of amides is 1. The zero-order chi connectivity index (χ0) is 14.3. The summed E-state index contributed by atoms with van der Waals surface area (Å²) in [5.74, 6) is -2.18. The number of benzene rings is 2. The summed E-state index contributed by atoms with van der Waals surface area (Å²) in [5, 5.41) is 6.06. The van der Waals surface area contributed by atoms with Gasteiger partial charge in [0, 0.05) is 28.0 Å². The number of hydrogen-bond acceptors (Lipinski definition) is 2. The molecule has 20 heavy (non-hydrogen) atoms. The van der Waals surface area contributed by atoms with Crippen molar-refractivity contribution in [3.05, 3.63) is 58.6 Å². The Balaban J connectivity index is 1.93. The minimum absolute atomic E-state index is 0.271. The predicted molar refractivity (Wildman–Crippen MR) is 72.8 cm³/mol. The van der Waals surface area contributed by atoms with Gasteiger partial charge >= 0.3 is 0 Å². The maximum atomic E-state index is 13.2. The number of carbonyl (C=O) groups is 1. The topological polar surface area (TPSA) is 41.1 Å². The molecule has 0 bridgehead atoms. The largest absolute Gasteiger partial charge is 0.370 e. The summed E-state index contributed by atoms with van der Waals surface area (Å²) >= 11 is 5.91. The lowest BCUT2D eigenvalue weighted by Crippen LogP contribution is -2.19. The van der Waals surface area contributed by atoms with Crippen LogP contribution in [0.25, 0.3) is 0 Å². The molecule has 0 aromatic heterocycles. The molecule has 2 aromatic carbocycles. The van der Waals surface area contributed by atoms with Gasteiger partial charge in [0.1, 0.15) is 6.04 Å². The van der Waals surface area contributed by atoms with Crippen LogP contribution in [0, 0.1) is 11.6 Å². The molecular formula is C14H9ClF2N2O. The fourth-order valence-electron chi connectivity index (χ4n) is 2.13.